The predicted molar refractivity (Wildman–Crippen MR) is 68.9 cm³/mol. The molecule has 6 nitrogen and oxygen atoms in total. The Balaban J connectivity index is 1.84. The Kier molecular flexibility index (Phi) is 4.63. The van der Waals surface area contributed by atoms with Gasteiger partial charge in [-0.3, -0.25) is 4.79 Å². The topological polar surface area (TPSA) is 70.1 Å². The van der Waals surface area contributed by atoms with Crippen LogP contribution in [0.25, 0.3) is 0 Å². The second-order valence-corrected chi connectivity index (χ2v) is 5.44. The van der Waals surface area contributed by atoms with E-state index in [2.05, 4.69) is 0 Å². The minimum absolute atomic E-state index is 0.0276. The first-order chi connectivity index (χ1) is 9.08. The highest BCUT2D eigenvalue weighted by Crippen LogP contribution is 2.22. The van der Waals surface area contributed by atoms with Gasteiger partial charge in [0.2, 0.25) is 0 Å². The lowest BCUT2D eigenvalue weighted by Crippen LogP contribution is -2.47. The van der Waals surface area contributed by atoms with Crippen LogP contribution in [0.1, 0.15) is 25.7 Å². The highest BCUT2D eigenvalue weighted by atomic mass is 16.5. The summed E-state index contributed by atoms with van der Waals surface area (Å²) in [7, 11) is 1.84. The molecule has 0 saturated carbocycles. The smallest absolute Gasteiger partial charge is 0.320 e. The Bertz CT molecular complexity index is 342. The SMILES string of the molecule is CN(C(=O)N1CCC(CC(=O)O)C1)C1CCOCC1. The molecule has 19 heavy (non-hydrogen) atoms. The zero-order valence-electron chi connectivity index (χ0n) is 11.4. The van der Waals surface area contributed by atoms with E-state index in [4.69, 9.17) is 9.84 Å². The zero-order valence-corrected chi connectivity index (χ0v) is 11.4. The van der Waals surface area contributed by atoms with Crippen LogP contribution in [0.15, 0.2) is 0 Å². The number of carbonyl (C=O) groups excluding carboxylic acids is 1. The van der Waals surface area contributed by atoms with E-state index in [1.807, 2.05) is 7.05 Å². The third-order valence-corrected chi connectivity index (χ3v) is 4.06. The lowest BCUT2D eigenvalue weighted by atomic mass is 10.1. The summed E-state index contributed by atoms with van der Waals surface area (Å²) >= 11 is 0. The number of rotatable bonds is 3. The molecule has 0 bridgehead atoms. The number of carboxylic acids is 1. The number of nitrogens with zero attached hydrogens (tertiary/aromatic N) is 2. The van der Waals surface area contributed by atoms with E-state index in [0.29, 0.717) is 26.3 Å². The molecule has 0 aromatic heterocycles. The summed E-state index contributed by atoms with van der Waals surface area (Å²) in [5.41, 5.74) is 0. The van der Waals surface area contributed by atoms with E-state index in [1.54, 1.807) is 9.80 Å². The number of ether oxygens (including phenoxy) is 1. The van der Waals surface area contributed by atoms with Gasteiger partial charge in [0.15, 0.2) is 0 Å². The molecule has 0 radical (unpaired) electrons. The normalized spacial score (nSPS) is 24.5. The number of carbonyl (C=O) groups is 2. The van der Waals surface area contributed by atoms with Gasteiger partial charge < -0.3 is 19.6 Å². The summed E-state index contributed by atoms with van der Waals surface area (Å²) in [6.07, 6.45) is 2.72. The van der Waals surface area contributed by atoms with Crippen LogP contribution in [-0.2, 0) is 9.53 Å². The van der Waals surface area contributed by atoms with Crippen molar-refractivity contribution in [1.29, 1.82) is 0 Å². The van der Waals surface area contributed by atoms with E-state index in [1.165, 1.54) is 0 Å². The van der Waals surface area contributed by atoms with E-state index in [-0.39, 0.29) is 24.4 Å². The molecule has 2 fully saturated rings. The maximum Gasteiger partial charge on any atom is 0.320 e. The molecule has 2 aliphatic heterocycles. The molecule has 2 rings (SSSR count). The van der Waals surface area contributed by atoms with Gasteiger partial charge in [0.1, 0.15) is 0 Å². The van der Waals surface area contributed by atoms with Gasteiger partial charge in [-0.25, -0.2) is 4.79 Å². The molecular formula is C13H22N2O4. The molecule has 0 aliphatic carbocycles. The van der Waals surface area contributed by atoms with Crippen molar-refractivity contribution < 1.29 is 19.4 Å². The van der Waals surface area contributed by atoms with Crippen LogP contribution in [0.4, 0.5) is 4.79 Å². The first-order valence-electron chi connectivity index (χ1n) is 6.89. The number of aliphatic carboxylic acids is 1. The van der Waals surface area contributed by atoms with Crippen molar-refractivity contribution in [3.63, 3.8) is 0 Å². The third-order valence-electron chi connectivity index (χ3n) is 4.06. The van der Waals surface area contributed by atoms with Gasteiger partial charge in [-0.2, -0.15) is 0 Å². The average Bonchev–Trinajstić information content (AvgIpc) is 2.85. The molecule has 0 aromatic carbocycles. The first kappa shape index (κ1) is 14.1. The Morgan fingerprint density at radius 1 is 1.32 bits per heavy atom. The molecule has 2 amide bonds. The van der Waals surface area contributed by atoms with Crippen molar-refractivity contribution in [2.24, 2.45) is 5.92 Å². The number of amides is 2. The highest BCUT2D eigenvalue weighted by molar-refractivity contribution is 5.75. The summed E-state index contributed by atoms with van der Waals surface area (Å²) < 4.78 is 5.30. The molecular weight excluding hydrogens is 248 g/mol. The fourth-order valence-electron chi connectivity index (χ4n) is 2.87. The summed E-state index contributed by atoms with van der Waals surface area (Å²) in [6.45, 7) is 2.66. The van der Waals surface area contributed by atoms with Crippen LogP contribution >= 0.6 is 0 Å². The molecule has 2 saturated heterocycles. The molecule has 6 heteroatoms. The van der Waals surface area contributed by atoms with Crippen LogP contribution < -0.4 is 0 Å². The molecule has 2 heterocycles. The van der Waals surface area contributed by atoms with Crippen LogP contribution in [0.3, 0.4) is 0 Å². The van der Waals surface area contributed by atoms with Crippen molar-refractivity contribution in [3.8, 4) is 0 Å². The third kappa shape index (κ3) is 3.59. The molecule has 1 atom stereocenters. The second-order valence-electron chi connectivity index (χ2n) is 5.44. The van der Waals surface area contributed by atoms with Crippen molar-refractivity contribution in [1.82, 2.24) is 9.80 Å². The van der Waals surface area contributed by atoms with E-state index >= 15 is 0 Å². The average molecular weight is 270 g/mol. The number of hydrogen-bond donors (Lipinski definition) is 1. The maximum absolute atomic E-state index is 12.3. The minimum atomic E-state index is -0.780. The fraction of sp³-hybridized carbons (Fsp3) is 0.846. The molecule has 108 valence electrons. The molecule has 1 unspecified atom stereocenters. The number of hydrogen-bond acceptors (Lipinski definition) is 3. The second kappa shape index (κ2) is 6.23. The van der Waals surface area contributed by atoms with Crippen LogP contribution in [-0.4, -0.2) is 66.3 Å². The quantitative estimate of drug-likeness (QED) is 0.831. The van der Waals surface area contributed by atoms with E-state index < -0.39 is 5.97 Å². The lowest BCUT2D eigenvalue weighted by Gasteiger charge is -2.34. The molecule has 0 spiro atoms. The molecule has 0 aromatic rings. The highest BCUT2D eigenvalue weighted by Gasteiger charge is 2.32. The largest absolute Gasteiger partial charge is 0.481 e. The van der Waals surface area contributed by atoms with E-state index in [9.17, 15) is 9.59 Å². The van der Waals surface area contributed by atoms with Crippen LogP contribution in [0.5, 0.6) is 0 Å². The Morgan fingerprint density at radius 2 is 2.00 bits per heavy atom. The Labute approximate surface area is 113 Å². The zero-order chi connectivity index (χ0) is 13.8. The number of carboxylic acid groups (broad SMARTS) is 1. The predicted octanol–water partition coefficient (Wildman–Crippen LogP) is 1.01. The van der Waals surface area contributed by atoms with Gasteiger partial charge in [-0.15, -0.1) is 0 Å². The Morgan fingerprint density at radius 3 is 2.63 bits per heavy atom. The summed E-state index contributed by atoms with van der Waals surface area (Å²) in [5.74, 6) is -0.679. The van der Waals surface area contributed by atoms with Gasteiger partial charge >= 0.3 is 12.0 Å². The van der Waals surface area contributed by atoms with Crippen molar-refractivity contribution in [3.05, 3.63) is 0 Å². The van der Waals surface area contributed by atoms with Gasteiger partial charge in [0, 0.05) is 45.8 Å². The fourth-order valence-corrected chi connectivity index (χ4v) is 2.87. The Hall–Kier alpha value is -1.30. The summed E-state index contributed by atoms with van der Waals surface area (Å²) in [4.78, 5) is 26.6. The number of urea groups is 1. The maximum atomic E-state index is 12.3. The number of likely N-dealkylation sites (tertiary alicyclic amines) is 1. The summed E-state index contributed by atoms with van der Waals surface area (Å²) in [6, 6.07) is 0.277. The van der Waals surface area contributed by atoms with Crippen LogP contribution in [0.2, 0.25) is 0 Å². The van der Waals surface area contributed by atoms with E-state index in [0.717, 1.165) is 19.3 Å². The van der Waals surface area contributed by atoms with Gasteiger partial charge in [-0.1, -0.05) is 0 Å². The van der Waals surface area contributed by atoms with Gasteiger partial charge in [0.05, 0.1) is 0 Å². The lowest BCUT2D eigenvalue weighted by molar-refractivity contribution is -0.138. The first-order valence-corrected chi connectivity index (χ1v) is 6.89. The van der Waals surface area contributed by atoms with Crippen molar-refractivity contribution in [2.75, 3.05) is 33.4 Å². The molecule has 1 N–H and O–H groups in total. The van der Waals surface area contributed by atoms with Gasteiger partial charge in [0.25, 0.3) is 0 Å². The van der Waals surface area contributed by atoms with Crippen molar-refractivity contribution in [2.45, 2.75) is 31.7 Å². The monoisotopic (exact) mass is 270 g/mol. The minimum Gasteiger partial charge on any atom is -0.481 e. The van der Waals surface area contributed by atoms with Gasteiger partial charge in [-0.05, 0) is 25.2 Å². The van der Waals surface area contributed by atoms with Crippen molar-refractivity contribution >= 4 is 12.0 Å². The standard InChI is InChI=1S/C13H22N2O4/c1-14(11-3-6-19-7-4-11)13(18)15-5-2-10(9-15)8-12(16)17/h10-11H,2-9H2,1H3,(H,16,17). The summed E-state index contributed by atoms with van der Waals surface area (Å²) in [5, 5.41) is 8.78. The molecule has 2 aliphatic rings. The van der Waals surface area contributed by atoms with Crippen LogP contribution in [0, 0.1) is 5.92 Å².